The van der Waals surface area contributed by atoms with Crippen molar-refractivity contribution in [1.82, 2.24) is 30.1 Å². The van der Waals surface area contributed by atoms with E-state index in [2.05, 4.69) is 20.7 Å². The SMILES string of the molecule is Cc1ccc(CNC[C@@H]2Cn3nnc(-c4cnn(C)c4)c3CO2)o1. The molecule has 4 rings (SSSR count). The maximum Gasteiger partial charge on any atom is 0.121 e. The zero-order chi connectivity index (χ0) is 16.5. The molecule has 0 unspecified atom stereocenters. The van der Waals surface area contributed by atoms with Crippen LogP contribution in [0.15, 0.2) is 28.9 Å². The molecule has 3 aromatic rings. The van der Waals surface area contributed by atoms with Crippen molar-refractivity contribution in [2.45, 2.75) is 32.7 Å². The molecule has 0 saturated carbocycles. The number of nitrogens with zero attached hydrogens (tertiary/aromatic N) is 5. The lowest BCUT2D eigenvalue weighted by molar-refractivity contribution is 0.00106. The molecule has 24 heavy (non-hydrogen) atoms. The zero-order valence-electron chi connectivity index (χ0n) is 13.8. The van der Waals surface area contributed by atoms with Crippen LogP contribution in [0.3, 0.4) is 0 Å². The Balaban J connectivity index is 1.37. The number of rotatable bonds is 5. The predicted octanol–water partition coefficient (Wildman–Crippen LogP) is 1.27. The van der Waals surface area contributed by atoms with Crippen LogP contribution in [0.5, 0.6) is 0 Å². The summed E-state index contributed by atoms with van der Waals surface area (Å²) < 4.78 is 15.2. The summed E-state index contributed by atoms with van der Waals surface area (Å²) in [6, 6.07) is 3.95. The molecule has 8 heteroatoms. The largest absolute Gasteiger partial charge is 0.465 e. The van der Waals surface area contributed by atoms with E-state index in [4.69, 9.17) is 9.15 Å². The summed E-state index contributed by atoms with van der Waals surface area (Å²) in [5.41, 5.74) is 2.81. The van der Waals surface area contributed by atoms with E-state index in [1.165, 1.54) is 0 Å². The van der Waals surface area contributed by atoms with Gasteiger partial charge in [0.05, 0.1) is 37.7 Å². The van der Waals surface area contributed by atoms with Gasteiger partial charge in [-0.3, -0.25) is 4.68 Å². The lowest BCUT2D eigenvalue weighted by Crippen LogP contribution is -2.36. The summed E-state index contributed by atoms with van der Waals surface area (Å²) in [5.74, 6) is 1.86. The van der Waals surface area contributed by atoms with Crippen LogP contribution < -0.4 is 5.32 Å². The van der Waals surface area contributed by atoms with Gasteiger partial charge in [-0.25, -0.2) is 4.68 Å². The molecule has 1 aliphatic heterocycles. The van der Waals surface area contributed by atoms with E-state index in [9.17, 15) is 0 Å². The van der Waals surface area contributed by atoms with Gasteiger partial charge in [0.1, 0.15) is 17.2 Å². The number of ether oxygens (including phenoxy) is 1. The minimum absolute atomic E-state index is 0.0667. The predicted molar refractivity (Wildman–Crippen MR) is 86.0 cm³/mol. The van der Waals surface area contributed by atoms with Crippen molar-refractivity contribution in [3.63, 3.8) is 0 Å². The van der Waals surface area contributed by atoms with Crippen LogP contribution >= 0.6 is 0 Å². The fourth-order valence-electron chi connectivity index (χ4n) is 2.89. The molecular formula is C16H20N6O2. The van der Waals surface area contributed by atoms with Gasteiger partial charge in [0.25, 0.3) is 0 Å². The number of aryl methyl sites for hydroxylation is 2. The van der Waals surface area contributed by atoms with Gasteiger partial charge in [-0.15, -0.1) is 5.10 Å². The van der Waals surface area contributed by atoms with Crippen molar-refractivity contribution in [3.8, 4) is 11.3 Å². The van der Waals surface area contributed by atoms with E-state index in [-0.39, 0.29) is 6.10 Å². The summed E-state index contributed by atoms with van der Waals surface area (Å²) in [4.78, 5) is 0. The Morgan fingerprint density at radius 3 is 3.04 bits per heavy atom. The molecule has 0 saturated heterocycles. The Kier molecular flexibility index (Phi) is 3.91. The molecule has 0 spiro atoms. The van der Waals surface area contributed by atoms with Crippen LogP contribution in [0.25, 0.3) is 11.3 Å². The van der Waals surface area contributed by atoms with Crippen LogP contribution in [0.1, 0.15) is 17.2 Å². The van der Waals surface area contributed by atoms with Crippen LogP contribution in [-0.2, 0) is 31.5 Å². The summed E-state index contributed by atoms with van der Waals surface area (Å²) in [6.45, 7) is 4.57. The van der Waals surface area contributed by atoms with Crippen LogP contribution in [-0.4, -0.2) is 37.4 Å². The third-order valence-electron chi connectivity index (χ3n) is 4.12. The number of nitrogens with one attached hydrogen (secondary N) is 1. The number of hydrogen-bond donors (Lipinski definition) is 1. The van der Waals surface area contributed by atoms with Gasteiger partial charge in [0, 0.05) is 25.4 Å². The molecule has 3 aromatic heterocycles. The molecule has 0 bridgehead atoms. The van der Waals surface area contributed by atoms with Gasteiger partial charge in [-0.05, 0) is 19.1 Å². The first kappa shape index (κ1) is 15.1. The minimum Gasteiger partial charge on any atom is -0.465 e. The summed E-state index contributed by atoms with van der Waals surface area (Å²) in [6.07, 6.45) is 3.80. The molecule has 126 valence electrons. The maximum absolute atomic E-state index is 5.95. The number of fused-ring (bicyclic) bond motifs is 1. The fourth-order valence-corrected chi connectivity index (χ4v) is 2.89. The lowest BCUT2D eigenvalue weighted by atomic mass is 10.2. The van der Waals surface area contributed by atoms with Crippen molar-refractivity contribution in [2.75, 3.05) is 6.54 Å². The highest BCUT2D eigenvalue weighted by Crippen LogP contribution is 2.24. The quantitative estimate of drug-likeness (QED) is 0.759. The van der Waals surface area contributed by atoms with Crippen molar-refractivity contribution < 1.29 is 9.15 Å². The first-order chi connectivity index (χ1) is 11.7. The minimum atomic E-state index is 0.0667. The van der Waals surface area contributed by atoms with Gasteiger partial charge in [0.15, 0.2) is 0 Å². The second-order valence-corrected chi connectivity index (χ2v) is 6.05. The molecule has 1 N–H and O–H groups in total. The Hall–Kier alpha value is -2.45. The van der Waals surface area contributed by atoms with Gasteiger partial charge in [-0.1, -0.05) is 5.21 Å². The van der Waals surface area contributed by atoms with Crippen LogP contribution in [0, 0.1) is 6.92 Å². The lowest BCUT2D eigenvalue weighted by Gasteiger charge is -2.24. The standard InChI is InChI=1S/C16H20N6O2/c1-11-3-4-13(24-11)6-17-7-14-9-22-15(10-23-14)16(19-20-22)12-5-18-21(2)8-12/h3-5,8,14,17H,6-7,9-10H2,1-2H3/t14-/m1/s1. The van der Waals surface area contributed by atoms with E-state index >= 15 is 0 Å². The molecule has 1 atom stereocenters. The fraction of sp³-hybridized carbons (Fsp3) is 0.438. The van der Waals surface area contributed by atoms with E-state index in [1.807, 2.05) is 37.0 Å². The third kappa shape index (κ3) is 2.98. The summed E-state index contributed by atoms with van der Waals surface area (Å²) in [7, 11) is 1.89. The van der Waals surface area contributed by atoms with Crippen LogP contribution in [0.2, 0.25) is 0 Å². The Bertz CT molecular complexity index is 833. The van der Waals surface area contributed by atoms with E-state index in [0.717, 1.165) is 35.0 Å². The number of hydrogen-bond acceptors (Lipinski definition) is 6. The summed E-state index contributed by atoms with van der Waals surface area (Å²) in [5, 5.41) is 16.1. The highest BCUT2D eigenvalue weighted by atomic mass is 16.5. The highest BCUT2D eigenvalue weighted by Gasteiger charge is 2.24. The monoisotopic (exact) mass is 328 g/mol. The first-order valence-electron chi connectivity index (χ1n) is 7.98. The maximum atomic E-state index is 5.95. The smallest absolute Gasteiger partial charge is 0.121 e. The normalized spacial score (nSPS) is 17.2. The Morgan fingerprint density at radius 2 is 2.29 bits per heavy atom. The molecule has 4 heterocycles. The summed E-state index contributed by atoms with van der Waals surface area (Å²) >= 11 is 0. The highest BCUT2D eigenvalue weighted by molar-refractivity contribution is 5.59. The Morgan fingerprint density at radius 1 is 1.38 bits per heavy atom. The van der Waals surface area contributed by atoms with Crippen molar-refractivity contribution in [1.29, 1.82) is 0 Å². The topological polar surface area (TPSA) is 82.9 Å². The molecule has 0 radical (unpaired) electrons. The average Bonchev–Trinajstić information content (AvgIpc) is 3.27. The zero-order valence-corrected chi connectivity index (χ0v) is 13.8. The van der Waals surface area contributed by atoms with Crippen molar-refractivity contribution in [3.05, 3.63) is 41.7 Å². The number of furan rings is 1. The van der Waals surface area contributed by atoms with Gasteiger partial charge >= 0.3 is 0 Å². The van der Waals surface area contributed by atoms with Crippen molar-refractivity contribution >= 4 is 0 Å². The van der Waals surface area contributed by atoms with Crippen LogP contribution in [0.4, 0.5) is 0 Å². The second-order valence-electron chi connectivity index (χ2n) is 6.05. The van der Waals surface area contributed by atoms with E-state index < -0.39 is 0 Å². The van der Waals surface area contributed by atoms with E-state index in [1.54, 1.807) is 10.9 Å². The molecule has 8 nitrogen and oxygen atoms in total. The Labute approximate surface area is 139 Å². The van der Waals surface area contributed by atoms with E-state index in [0.29, 0.717) is 19.7 Å². The average molecular weight is 328 g/mol. The van der Waals surface area contributed by atoms with Gasteiger partial charge in [-0.2, -0.15) is 5.10 Å². The molecule has 1 aliphatic rings. The molecular weight excluding hydrogens is 308 g/mol. The molecule has 0 aliphatic carbocycles. The number of aromatic nitrogens is 5. The first-order valence-corrected chi connectivity index (χ1v) is 7.98. The van der Waals surface area contributed by atoms with Gasteiger partial charge in [0.2, 0.25) is 0 Å². The molecule has 0 aromatic carbocycles. The molecule has 0 amide bonds. The molecule has 0 fully saturated rings. The van der Waals surface area contributed by atoms with Crippen molar-refractivity contribution in [2.24, 2.45) is 7.05 Å². The second kappa shape index (κ2) is 6.21. The third-order valence-corrected chi connectivity index (χ3v) is 4.12. The van der Waals surface area contributed by atoms with Gasteiger partial charge < -0.3 is 14.5 Å².